The zero-order valence-corrected chi connectivity index (χ0v) is 10.9. The van der Waals surface area contributed by atoms with Gasteiger partial charge < -0.3 is 10.3 Å². The average molecular weight is 265 g/mol. The summed E-state index contributed by atoms with van der Waals surface area (Å²) >= 11 is 0. The highest BCUT2D eigenvalue weighted by Crippen LogP contribution is 2.24. The Morgan fingerprint density at radius 1 is 1.44 bits per heavy atom. The molecule has 2 heterocycles. The zero-order chi connectivity index (χ0) is 12.9. The minimum Gasteiger partial charge on any atom is -0.326 e. The normalized spacial score (nSPS) is 20.0. The van der Waals surface area contributed by atoms with E-state index in [0.717, 1.165) is 29.7 Å². The summed E-state index contributed by atoms with van der Waals surface area (Å²) in [5, 5.41) is 0. The first-order valence-electron chi connectivity index (χ1n) is 5.90. The third-order valence-corrected chi connectivity index (χ3v) is 4.49. The number of nitrogens with two attached hydrogens (primary N) is 1. The van der Waals surface area contributed by atoms with Gasteiger partial charge >= 0.3 is 0 Å². The van der Waals surface area contributed by atoms with E-state index in [0.29, 0.717) is 11.4 Å². The summed E-state index contributed by atoms with van der Waals surface area (Å²) in [4.78, 5) is 4.85. The molecule has 5 nitrogen and oxygen atoms in total. The maximum atomic E-state index is 11.6. The fourth-order valence-electron chi connectivity index (χ4n) is 2.42. The second-order valence-corrected chi connectivity index (χ2v) is 6.88. The number of hydrogen-bond acceptors (Lipinski definition) is 4. The number of hydrogen-bond donors (Lipinski definition) is 1. The molecule has 2 N–H and O–H groups in total. The fourth-order valence-corrected chi connectivity index (χ4v) is 3.06. The van der Waals surface area contributed by atoms with Crippen molar-refractivity contribution < 1.29 is 8.42 Å². The molecule has 0 aliphatic carbocycles. The van der Waals surface area contributed by atoms with Crippen molar-refractivity contribution in [2.75, 3.05) is 6.26 Å². The summed E-state index contributed by atoms with van der Waals surface area (Å²) < 4.78 is 25.2. The second-order valence-electron chi connectivity index (χ2n) is 4.86. The third kappa shape index (κ3) is 1.81. The monoisotopic (exact) mass is 265 g/mol. The molecule has 0 fully saturated rings. The van der Waals surface area contributed by atoms with E-state index in [4.69, 9.17) is 5.73 Å². The lowest BCUT2D eigenvalue weighted by Crippen LogP contribution is -2.31. The molecule has 0 unspecified atom stereocenters. The summed E-state index contributed by atoms with van der Waals surface area (Å²) in [6.45, 7) is 0.707. The highest BCUT2D eigenvalue weighted by atomic mass is 32.2. The van der Waals surface area contributed by atoms with Crippen LogP contribution in [0.5, 0.6) is 0 Å². The minimum atomic E-state index is -3.18. The molecule has 0 spiro atoms. The van der Waals surface area contributed by atoms with Crippen molar-refractivity contribution in [2.24, 2.45) is 5.73 Å². The first-order chi connectivity index (χ1) is 8.45. The van der Waals surface area contributed by atoms with Crippen molar-refractivity contribution in [3.05, 3.63) is 24.0 Å². The van der Waals surface area contributed by atoms with Crippen LogP contribution < -0.4 is 5.73 Å². The van der Waals surface area contributed by atoms with Crippen LogP contribution in [-0.4, -0.2) is 30.3 Å². The van der Waals surface area contributed by atoms with E-state index in [9.17, 15) is 8.42 Å². The van der Waals surface area contributed by atoms with Gasteiger partial charge in [0.05, 0.1) is 15.9 Å². The predicted octanol–water partition coefficient (Wildman–Crippen LogP) is 0.713. The highest BCUT2D eigenvalue weighted by molar-refractivity contribution is 7.90. The molecular formula is C12H15N3O2S. The molecule has 0 radical (unpaired) electrons. The molecule has 1 aliphatic heterocycles. The van der Waals surface area contributed by atoms with E-state index in [2.05, 4.69) is 4.98 Å². The van der Waals surface area contributed by atoms with Gasteiger partial charge in [0.15, 0.2) is 9.84 Å². The maximum Gasteiger partial charge on any atom is 0.175 e. The van der Waals surface area contributed by atoms with E-state index < -0.39 is 9.84 Å². The van der Waals surface area contributed by atoms with E-state index >= 15 is 0 Å². The molecule has 0 amide bonds. The molecule has 3 rings (SSSR count). The van der Waals surface area contributed by atoms with Gasteiger partial charge in [-0.25, -0.2) is 13.4 Å². The lowest BCUT2D eigenvalue weighted by molar-refractivity contribution is 0.461. The molecule has 0 saturated carbocycles. The van der Waals surface area contributed by atoms with Gasteiger partial charge in [0.2, 0.25) is 0 Å². The van der Waals surface area contributed by atoms with Crippen LogP contribution >= 0.6 is 0 Å². The topological polar surface area (TPSA) is 78.0 Å². The summed E-state index contributed by atoms with van der Waals surface area (Å²) in [7, 11) is -3.18. The predicted molar refractivity (Wildman–Crippen MR) is 69.1 cm³/mol. The number of sulfone groups is 1. The molecule has 1 aromatic carbocycles. The smallest absolute Gasteiger partial charge is 0.175 e. The van der Waals surface area contributed by atoms with Crippen LogP contribution in [-0.2, 0) is 22.8 Å². The largest absolute Gasteiger partial charge is 0.326 e. The van der Waals surface area contributed by atoms with Crippen LogP contribution in [0.25, 0.3) is 11.0 Å². The number of aryl methyl sites for hydroxylation is 1. The summed E-state index contributed by atoms with van der Waals surface area (Å²) in [5.74, 6) is 0.998. The summed E-state index contributed by atoms with van der Waals surface area (Å²) in [6, 6.07) is 5.19. The summed E-state index contributed by atoms with van der Waals surface area (Å²) in [5.41, 5.74) is 7.66. The summed E-state index contributed by atoms with van der Waals surface area (Å²) in [6.07, 6.45) is 3.00. The number of rotatable bonds is 1. The van der Waals surface area contributed by atoms with Crippen LogP contribution in [0.3, 0.4) is 0 Å². The quantitative estimate of drug-likeness (QED) is 0.824. The Labute approximate surface area is 106 Å². The van der Waals surface area contributed by atoms with Crippen molar-refractivity contribution >= 4 is 20.9 Å². The van der Waals surface area contributed by atoms with Crippen LogP contribution in [0.2, 0.25) is 0 Å². The molecule has 96 valence electrons. The van der Waals surface area contributed by atoms with Gasteiger partial charge in [0.1, 0.15) is 5.82 Å². The molecule has 0 saturated heterocycles. The Morgan fingerprint density at radius 2 is 2.22 bits per heavy atom. The van der Waals surface area contributed by atoms with Gasteiger partial charge in [-0.05, 0) is 24.6 Å². The Kier molecular flexibility index (Phi) is 2.46. The number of fused-ring (bicyclic) bond motifs is 3. The van der Waals surface area contributed by atoms with Crippen LogP contribution in [0.4, 0.5) is 0 Å². The number of nitrogens with zero attached hydrogens (tertiary/aromatic N) is 2. The highest BCUT2D eigenvalue weighted by Gasteiger charge is 2.20. The van der Waals surface area contributed by atoms with Crippen LogP contribution in [0.15, 0.2) is 23.1 Å². The van der Waals surface area contributed by atoms with Gasteiger partial charge in [-0.2, -0.15) is 0 Å². The maximum absolute atomic E-state index is 11.6. The molecular weight excluding hydrogens is 250 g/mol. The first kappa shape index (κ1) is 11.7. The second kappa shape index (κ2) is 3.80. The lowest BCUT2D eigenvalue weighted by atomic mass is 10.1. The van der Waals surface area contributed by atoms with Crippen molar-refractivity contribution in [3.8, 4) is 0 Å². The fraction of sp³-hybridized carbons (Fsp3) is 0.417. The Balaban J connectivity index is 2.24. The molecule has 0 bridgehead atoms. The van der Waals surface area contributed by atoms with E-state index in [1.54, 1.807) is 18.2 Å². The number of benzene rings is 1. The first-order valence-corrected chi connectivity index (χ1v) is 7.79. The van der Waals surface area contributed by atoms with Crippen molar-refractivity contribution in [1.29, 1.82) is 0 Å². The SMILES string of the molecule is CS(=O)(=O)c1ccc2nc3n(c2c1)C[C@H](N)CC3. The zero-order valence-electron chi connectivity index (χ0n) is 10.1. The van der Waals surface area contributed by atoms with Gasteiger partial charge in [0, 0.05) is 25.3 Å². The number of imidazole rings is 1. The van der Waals surface area contributed by atoms with Gasteiger partial charge in [-0.1, -0.05) is 0 Å². The van der Waals surface area contributed by atoms with Crippen molar-refractivity contribution in [3.63, 3.8) is 0 Å². The Hall–Kier alpha value is -1.40. The molecule has 6 heteroatoms. The minimum absolute atomic E-state index is 0.122. The van der Waals surface area contributed by atoms with Crippen molar-refractivity contribution in [1.82, 2.24) is 9.55 Å². The van der Waals surface area contributed by atoms with E-state index in [-0.39, 0.29) is 6.04 Å². The molecule has 18 heavy (non-hydrogen) atoms. The molecule has 2 aromatic rings. The van der Waals surface area contributed by atoms with Crippen LogP contribution in [0, 0.1) is 0 Å². The molecule has 1 aliphatic rings. The van der Waals surface area contributed by atoms with Gasteiger partial charge in [-0.15, -0.1) is 0 Å². The van der Waals surface area contributed by atoms with E-state index in [1.807, 2.05) is 4.57 Å². The standard InChI is InChI=1S/C12H15N3O2S/c1-18(16,17)9-3-4-10-11(6-9)15-7-8(13)2-5-12(15)14-10/h3-4,6,8H,2,5,7,13H2,1H3/t8-/m1/s1. The van der Waals surface area contributed by atoms with Gasteiger partial charge in [-0.3, -0.25) is 0 Å². The van der Waals surface area contributed by atoms with Crippen LogP contribution in [0.1, 0.15) is 12.2 Å². The Morgan fingerprint density at radius 3 is 2.94 bits per heavy atom. The average Bonchev–Trinajstić information content (AvgIpc) is 2.65. The number of aromatic nitrogens is 2. The third-order valence-electron chi connectivity index (χ3n) is 3.38. The van der Waals surface area contributed by atoms with Crippen molar-refractivity contribution in [2.45, 2.75) is 30.3 Å². The molecule has 1 aromatic heterocycles. The van der Waals surface area contributed by atoms with E-state index in [1.165, 1.54) is 6.26 Å². The molecule has 1 atom stereocenters. The lowest BCUT2D eigenvalue weighted by Gasteiger charge is -2.20. The Bertz CT molecular complexity index is 718. The van der Waals surface area contributed by atoms with Gasteiger partial charge in [0.25, 0.3) is 0 Å².